The Morgan fingerprint density at radius 2 is 0.727 bits per heavy atom. The lowest BCUT2D eigenvalue weighted by atomic mass is 10.2. The minimum absolute atomic E-state index is 0.176. The van der Waals surface area contributed by atoms with Gasteiger partial charge in [-0.1, -0.05) is 54.6 Å². The summed E-state index contributed by atoms with van der Waals surface area (Å²) in [6.45, 7) is 0.942. The molecule has 0 aliphatic carbocycles. The molecule has 0 amide bonds. The van der Waals surface area contributed by atoms with E-state index in [0.717, 1.165) is 0 Å². The van der Waals surface area contributed by atoms with Crippen molar-refractivity contribution >= 4 is 17.8 Å². The van der Waals surface area contributed by atoms with E-state index in [0.29, 0.717) is 54.2 Å². The fourth-order valence-electron chi connectivity index (χ4n) is 3.12. The first-order chi connectivity index (χ1) is 16.1. The third-order valence-electron chi connectivity index (χ3n) is 4.92. The number of benzene rings is 3. The highest BCUT2D eigenvalue weighted by Crippen LogP contribution is 2.21. The highest BCUT2D eigenvalue weighted by molar-refractivity contribution is 5.45. The van der Waals surface area contributed by atoms with Crippen molar-refractivity contribution < 1.29 is 15.3 Å². The highest BCUT2D eigenvalue weighted by Gasteiger charge is 2.10. The van der Waals surface area contributed by atoms with E-state index >= 15 is 0 Å². The molecular weight excluding hydrogens is 420 g/mol. The monoisotopic (exact) mass is 444 g/mol. The molecule has 0 bridgehead atoms. The van der Waals surface area contributed by atoms with Crippen molar-refractivity contribution in [3.05, 3.63) is 89.5 Å². The third-order valence-corrected chi connectivity index (χ3v) is 4.92. The molecule has 0 aliphatic rings. The molecule has 9 nitrogen and oxygen atoms in total. The molecule has 6 N–H and O–H groups in total. The van der Waals surface area contributed by atoms with E-state index in [9.17, 15) is 15.3 Å². The number of phenolic OH excluding ortho intramolecular Hbond substituents is 3. The molecule has 0 aliphatic heterocycles. The lowest BCUT2D eigenvalue weighted by Gasteiger charge is -2.12. The number of hydrogen-bond donors (Lipinski definition) is 6. The summed E-state index contributed by atoms with van der Waals surface area (Å²) in [6, 6.07) is 21.0. The maximum Gasteiger partial charge on any atom is 0.229 e. The lowest BCUT2D eigenvalue weighted by molar-refractivity contribution is 0.468. The summed E-state index contributed by atoms with van der Waals surface area (Å²) < 4.78 is 0. The van der Waals surface area contributed by atoms with Crippen molar-refractivity contribution in [1.82, 2.24) is 15.0 Å². The number of para-hydroxylation sites is 3. The standard InChI is InChI=1S/C24H24N6O3/c31-19-10-4-1-7-16(19)13-25-22-28-23(26-14-17-8-2-5-11-20(17)32)30-24(29-22)27-15-18-9-3-6-12-21(18)33/h1-12,31-33H,13-15H2,(H3,25,26,27,28,29,30). The molecule has 1 aromatic heterocycles. The van der Waals surface area contributed by atoms with Crippen molar-refractivity contribution in [2.24, 2.45) is 0 Å². The van der Waals surface area contributed by atoms with Gasteiger partial charge in [0, 0.05) is 36.3 Å². The largest absolute Gasteiger partial charge is 0.508 e. The Kier molecular flexibility index (Phi) is 6.70. The van der Waals surface area contributed by atoms with Gasteiger partial charge in [-0.25, -0.2) is 0 Å². The van der Waals surface area contributed by atoms with Gasteiger partial charge in [0.05, 0.1) is 0 Å². The molecule has 3 aromatic carbocycles. The lowest BCUT2D eigenvalue weighted by Crippen LogP contribution is -2.12. The van der Waals surface area contributed by atoms with Crippen LogP contribution >= 0.6 is 0 Å². The van der Waals surface area contributed by atoms with Gasteiger partial charge in [0.25, 0.3) is 0 Å². The molecule has 0 spiro atoms. The maximum absolute atomic E-state index is 10.0. The second-order valence-corrected chi connectivity index (χ2v) is 7.25. The van der Waals surface area contributed by atoms with Crippen LogP contribution in [0, 0.1) is 0 Å². The van der Waals surface area contributed by atoms with Crippen LogP contribution < -0.4 is 16.0 Å². The van der Waals surface area contributed by atoms with E-state index in [2.05, 4.69) is 30.9 Å². The molecule has 0 saturated carbocycles. The number of anilines is 3. The van der Waals surface area contributed by atoms with E-state index < -0.39 is 0 Å². The smallest absolute Gasteiger partial charge is 0.229 e. The van der Waals surface area contributed by atoms with E-state index in [1.165, 1.54) is 0 Å². The number of phenols is 3. The first kappa shape index (κ1) is 21.7. The van der Waals surface area contributed by atoms with E-state index in [4.69, 9.17) is 0 Å². The van der Waals surface area contributed by atoms with Crippen LogP contribution in [0.4, 0.5) is 17.8 Å². The van der Waals surface area contributed by atoms with Gasteiger partial charge < -0.3 is 31.3 Å². The molecule has 0 radical (unpaired) electrons. The second kappa shape index (κ2) is 10.2. The Balaban J connectivity index is 1.52. The number of hydrogen-bond acceptors (Lipinski definition) is 9. The molecule has 1 heterocycles. The molecule has 0 atom stereocenters. The summed E-state index contributed by atoms with van der Waals surface area (Å²) in [7, 11) is 0. The summed E-state index contributed by atoms with van der Waals surface area (Å²) in [5, 5.41) is 39.3. The quantitative estimate of drug-likeness (QED) is 0.228. The molecule has 168 valence electrons. The first-order valence-corrected chi connectivity index (χ1v) is 10.4. The van der Waals surface area contributed by atoms with Crippen molar-refractivity contribution in [3.63, 3.8) is 0 Å². The molecule has 0 unspecified atom stereocenters. The maximum atomic E-state index is 10.0. The Labute approximate surface area is 190 Å². The van der Waals surface area contributed by atoms with Crippen molar-refractivity contribution in [2.75, 3.05) is 16.0 Å². The Morgan fingerprint density at radius 3 is 1.00 bits per heavy atom. The zero-order valence-corrected chi connectivity index (χ0v) is 17.7. The van der Waals surface area contributed by atoms with Gasteiger partial charge in [0.2, 0.25) is 17.8 Å². The van der Waals surface area contributed by atoms with E-state index in [-0.39, 0.29) is 17.2 Å². The third kappa shape index (κ3) is 5.79. The van der Waals surface area contributed by atoms with Crippen molar-refractivity contribution in [1.29, 1.82) is 0 Å². The van der Waals surface area contributed by atoms with Gasteiger partial charge in [0.1, 0.15) is 17.2 Å². The van der Waals surface area contributed by atoms with Crippen LogP contribution in [0.5, 0.6) is 17.2 Å². The van der Waals surface area contributed by atoms with Gasteiger partial charge in [0.15, 0.2) is 0 Å². The average Bonchev–Trinajstić information content (AvgIpc) is 2.82. The fraction of sp³-hybridized carbons (Fsp3) is 0.125. The van der Waals surface area contributed by atoms with Gasteiger partial charge >= 0.3 is 0 Å². The van der Waals surface area contributed by atoms with Crippen LogP contribution in [-0.2, 0) is 19.6 Å². The van der Waals surface area contributed by atoms with E-state index in [1.807, 2.05) is 18.2 Å². The van der Waals surface area contributed by atoms with E-state index in [1.54, 1.807) is 54.6 Å². The Hall–Kier alpha value is -4.53. The average molecular weight is 444 g/mol. The van der Waals surface area contributed by atoms with Crippen molar-refractivity contribution in [2.45, 2.75) is 19.6 Å². The summed E-state index contributed by atoms with van der Waals surface area (Å²) in [4.78, 5) is 13.2. The molecule has 33 heavy (non-hydrogen) atoms. The van der Waals surface area contributed by atoms with Gasteiger partial charge in [-0.3, -0.25) is 0 Å². The molecule has 0 saturated heterocycles. The van der Waals surface area contributed by atoms with Crippen LogP contribution in [-0.4, -0.2) is 30.3 Å². The number of nitrogens with zero attached hydrogens (tertiary/aromatic N) is 3. The number of aromatic nitrogens is 3. The summed E-state index contributed by atoms with van der Waals surface area (Å²) in [6.07, 6.45) is 0. The molecule has 4 aromatic rings. The van der Waals surface area contributed by atoms with Crippen LogP contribution in [0.2, 0.25) is 0 Å². The van der Waals surface area contributed by atoms with Crippen LogP contribution in [0.25, 0.3) is 0 Å². The normalized spacial score (nSPS) is 10.5. The SMILES string of the molecule is Oc1ccccc1CNc1nc(NCc2ccccc2O)nc(NCc2ccccc2O)n1. The summed E-state index contributed by atoms with van der Waals surface area (Å²) >= 11 is 0. The van der Waals surface area contributed by atoms with Gasteiger partial charge in [-0.15, -0.1) is 0 Å². The molecular formula is C24H24N6O3. The van der Waals surface area contributed by atoms with Gasteiger partial charge in [-0.2, -0.15) is 15.0 Å². The number of rotatable bonds is 9. The number of nitrogens with one attached hydrogen (secondary N) is 3. The van der Waals surface area contributed by atoms with Gasteiger partial charge in [-0.05, 0) is 18.2 Å². The van der Waals surface area contributed by atoms with Crippen molar-refractivity contribution in [3.8, 4) is 17.2 Å². The molecule has 9 heteroatoms. The highest BCUT2D eigenvalue weighted by atomic mass is 16.3. The number of aromatic hydroxyl groups is 3. The van der Waals surface area contributed by atoms with Crippen LogP contribution in [0.15, 0.2) is 72.8 Å². The zero-order chi connectivity index (χ0) is 23.0. The first-order valence-electron chi connectivity index (χ1n) is 10.4. The summed E-state index contributed by atoms with van der Waals surface area (Å²) in [5.41, 5.74) is 2.10. The predicted octanol–water partition coefficient (Wildman–Crippen LogP) is 3.82. The predicted molar refractivity (Wildman–Crippen MR) is 126 cm³/mol. The molecule has 0 fully saturated rings. The Bertz CT molecular complexity index is 1070. The minimum atomic E-state index is 0.176. The fourth-order valence-corrected chi connectivity index (χ4v) is 3.12. The van der Waals surface area contributed by atoms with Crippen LogP contribution in [0.1, 0.15) is 16.7 Å². The minimum Gasteiger partial charge on any atom is -0.508 e. The topological polar surface area (TPSA) is 135 Å². The molecule has 4 rings (SSSR count). The Morgan fingerprint density at radius 1 is 0.455 bits per heavy atom. The van der Waals surface area contributed by atoms with Crippen LogP contribution in [0.3, 0.4) is 0 Å². The zero-order valence-electron chi connectivity index (χ0n) is 17.7. The second-order valence-electron chi connectivity index (χ2n) is 7.25. The summed E-state index contributed by atoms with van der Waals surface area (Å²) in [5.74, 6) is 1.42.